The molecule has 0 bridgehead atoms. The second-order valence-corrected chi connectivity index (χ2v) is 4.92. The van der Waals surface area contributed by atoms with E-state index in [0.717, 1.165) is 29.1 Å². The molecule has 0 aliphatic heterocycles. The molecule has 0 N–H and O–H groups in total. The van der Waals surface area contributed by atoms with Crippen LogP contribution in [0.25, 0.3) is 0 Å². The summed E-state index contributed by atoms with van der Waals surface area (Å²) in [4.78, 5) is 12.8. The maximum absolute atomic E-state index is 12.1. The normalized spacial score (nSPS) is 10.8. The van der Waals surface area contributed by atoms with Crippen LogP contribution in [0.4, 0.5) is 0 Å². The minimum Gasteiger partial charge on any atom is -0.293 e. The zero-order valence-corrected chi connectivity index (χ0v) is 11.4. The van der Waals surface area contributed by atoms with Crippen molar-refractivity contribution in [3.8, 4) is 0 Å². The fourth-order valence-electron chi connectivity index (χ4n) is 1.82. The van der Waals surface area contributed by atoms with Gasteiger partial charge in [-0.1, -0.05) is 17.8 Å². The number of hydrogen-bond acceptors (Lipinski definition) is 5. The second kappa shape index (κ2) is 5.86. The number of hydrogen-bond donors (Lipinski definition) is 0. The summed E-state index contributed by atoms with van der Waals surface area (Å²) in [7, 11) is 1.89. The summed E-state index contributed by atoms with van der Waals surface area (Å²) < 4.78 is 5.67. The summed E-state index contributed by atoms with van der Waals surface area (Å²) in [5.41, 5.74) is 1.91. The summed E-state index contributed by atoms with van der Waals surface area (Å²) in [6, 6.07) is 1.94. The van der Waals surface area contributed by atoms with E-state index in [1.165, 1.54) is 11.5 Å². The van der Waals surface area contributed by atoms with Gasteiger partial charge in [-0.15, -0.1) is 5.10 Å². The monoisotopic (exact) mass is 264 g/mol. The number of ketones is 1. The Morgan fingerprint density at radius 3 is 2.94 bits per heavy atom. The van der Waals surface area contributed by atoms with Gasteiger partial charge in [0.25, 0.3) is 0 Å². The van der Waals surface area contributed by atoms with E-state index in [1.54, 1.807) is 10.9 Å². The molecule has 2 aromatic rings. The van der Waals surface area contributed by atoms with E-state index in [0.29, 0.717) is 12.8 Å². The van der Waals surface area contributed by atoms with Crippen LogP contribution >= 0.6 is 11.5 Å². The molecular formula is C12H16N4OS. The fraction of sp³-hybridized carbons (Fsp3) is 0.500. The molecular weight excluding hydrogens is 248 g/mol. The first kappa shape index (κ1) is 12.9. The van der Waals surface area contributed by atoms with E-state index in [-0.39, 0.29) is 5.78 Å². The minimum absolute atomic E-state index is 0.134. The van der Waals surface area contributed by atoms with Crippen LogP contribution < -0.4 is 0 Å². The fourth-order valence-corrected chi connectivity index (χ4v) is 2.50. The number of aryl methyl sites for hydroxylation is 3. The molecule has 6 heteroatoms. The Kier molecular flexibility index (Phi) is 4.19. The maximum atomic E-state index is 12.1. The molecule has 0 saturated heterocycles. The number of rotatable bonds is 6. The predicted molar refractivity (Wildman–Crippen MR) is 69.8 cm³/mol. The Morgan fingerprint density at radius 1 is 1.44 bits per heavy atom. The average Bonchev–Trinajstić information content (AvgIpc) is 2.96. The minimum atomic E-state index is 0.134. The first-order valence-corrected chi connectivity index (χ1v) is 6.81. The van der Waals surface area contributed by atoms with Crippen molar-refractivity contribution in [3.05, 3.63) is 28.5 Å². The Bertz CT molecular complexity index is 532. The first-order chi connectivity index (χ1) is 8.72. The van der Waals surface area contributed by atoms with E-state index in [9.17, 15) is 4.79 Å². The van der Waals surface area contributed by atoms with Crippen molar-refractivity contribution in [1.29, 1.82) is 0 Å². The molecule has 18 heavy (non-hydrogen) atoms. The van der Waals surface area contributed by atoms with Crippen LogP contribution in [0.5, 0.6) is 0 Å². The number of nitrogens with zero attached hydrogens (tertiary/aromatic N) is 4. The van der Waals surface area contributed by atoms with Crippen molar-refractivity contribution < 1.29 is 4.79 Å². The van der Waals surface area contributed by atoms with Crippen molar-refractivity contribution in [2.24, 2.45) is 7.05 Å². The predicted octanol–water partition coefficient (Wildman–Crippen LogP) is 2.04. The van der Waals surface area contributed by atoms with Crippen LogP contribution in [-0.4, -0.2) is 25.2 Å². The quantitative estimate of drug-likeness (QED) is 0.749. The Labute approximate surface area is 110 Å². The third kappa shape index (κ3) is 2.81. The van der Waals surface area contributed by atoms with Crippen molar-refractivity contribution in [1.82, 2.24) is 19.4 Å². The lowest BCUT2D eigenvalue weighted by atomic mass is 10.1. The molecule has 2 aromatic heterocycles. The van der Waals surface area contributed by atoms with Gasteiger partial charge in [-0.05, 0) is 30.4 Å². The van der Waals surface area contributed by atoms with Crippen LogP contribution in [0, 0.1) is 0 Å². The average molecular weight is 264 g/mol. The molecule has 96 valence electrons. The highest BCUT2D eigenvalue weighted by molar-refractivity contribution is 7.08. The van der Waals surface area contributed by atoms with Gasteiger partial charge in [0, 0.05) is 25.4 Å². The number of carbonyl (C=O) groups is 1. The maximum Gasteiger partial charge on any atom is 0.176 e. The van der Waals surface area contributed by atoms with Crippen LogP contribution in [-0.2, 0) is 19.9 Å². The van der Waals surface area contributed by atoms with Crippen molar-refractivity contribution >= 4 is 17.3 Å². The molecule has 0 spiro atoms. The lowest BCUT2D eigenvalue weighted by Gasteiger charge is -2.01. The molecule has 0 aromatic carbocycles. The third-order valence-corrected chi connectivity index (χ3v) is 3.64. The van der Waals surface area contributed by atoms with Crippen LogP contribution in [0.1, 0.15) is 40.8 Å². The SMILES string of the molecule is CCCc1nnsc1C(=O)CCc1ccnn1C. The van der Waals surface area contributed by atoms with Gasteiger partial charge in [0.15, 0.2) is 5.78 Å². The van der Waals surface area contributed by atoms with Gasteiger partial charge in [-0.2, -0.15) is 5.10 Å². The van der Waals surface area contributed by atoms with E-state index in [1.807, 2.05) is 13.1 Å². The van der Waals surface area contributed by atoms with Crippen molar-refractivity contribution in [3.63, 3.8) is 0 Å². The summed E-state index contributed by atoms with van der Waals surface area (Å²) in [5.74, 6) is 0.134. The Morgan fingerprint density at radius 2 is 2.28 bits per heavy atom. The van der Waals surface area contributed by atoms with E-state index in [2.05, 4.69) is 21.6 Å². The smallest absolute Gasteiger partial charge is 0.176 e. The third-order valence-electron chi connectivity index (χ3n) is 2.83. The molecule has 0 aliphatic rings. The van der Waals surface area contributed by atoms with Gasteiger partial charge in [0.05, 0.1) is 5.69 Å². The number of Topliss-reactive ketones (excluding diaryl/α,β-unsaturated/α-hetero) is 1. The molecule has 5 nitrogen and oxygen atoms in total. The summed E-state index contributed by atoms with van der Waals surface area (Å²) in [5, 5.41) is 8.11. The van der Waals surface area contributed by atoms with Gasteiger partial charge in [0.2, 0.25) is 0 Å². The van der Waals surface area contributed by atoms with Gasteiger partial charge in [-0.25, -0.2) is 0 Å². The molecule has 0 saturated carbocycles. The van der Waals surface area contributed by atoms with Crippen molar-refractivity contribution in [2.45, 2.75) is 32.6 Å². The first-order valence-electron chi connectivity index (χ1n) is 6.03. The Hall–Kier alpha value is -1.56. The van der Waals surface area contributed by atoms with Crippen LogP contribution in [0.15, 0.2) is 12.3 Å². The molecule has 0 radical (unpaired) electrons. The zero-order chi connectivity index (χ0) is 13.0. The lowest BCUT2D eigenvalue weighted by Crippen LogP contribution is -2.05. The van der Waals surface area contributed by atoms with Crippen LogP contribution in [0.2, 0.25) is 0 Å². The van der Waals surface area contributed by atoms with E-state index >= 15 is 0 Å². The molecule has 0 aliphatic carbocycles. The van der Waals surface area contributed by atoms with Gasteiger partial charge < -0.3 is 0 Å². The topological polar surface area (TPSA) is 60.7 Å². The van der Waals surface area contributed by atoms with Crippen LogP contribution in [0.3, 0.4) is 0 Å². The lowest BCUT2D eigenvalue weighted by molar-refractivity contribution is 0.0985. The van der Waals surface area contributed by atoms with Crippen molar-refractivity contribution in [2.75, 3.05) is 0 Å². The second-order valence-electron chi connectivity index (χ2n) is 4.17. The molecule has 0 fully saturated rings. The number of carbonyl (C=O) groups excluding carboxylic acids is 1. The molecule has 2 rings (SSSR count). The highest BCUT2D eigenvalue weighted by atomic mass is 32.1. The summed E-state index contributed by atoms with van der Waals surface area (Å²) in [6.07, 6.45) is 4.74. The largest absolute Gasteiger partial charge is 0.293 e. The summed E-state index contributed by atoms with van der Waals surface area (Å²) >= 11 is 1.21. The molecule has 0 atom stereocenters. The number of aromatic nitrogens is 4. The molecule has 0 unspecified atom stereocenters. The zero-order valence-electron chi connectivity index (χ0n) is 10.6. The van der Waals surface area contributed by atoms with Gasteiger partial charge in [0.1, 0.15) is 4.88 Å². The highest BCUT2D eigenvalue weighted by Gasteiger charge is 2.15. The van der Waals surface area contributed by atoms with Gasteiger partial charge >= 0.3 is 0 Å². The van der Waals surface area contributed by atoms with E-state index < -0.39 is 0 Å². The van der Waals surface area contributed by atoms with E-state index in [4.69, 9.17) is 0 Å². The summed E-state index contributed by atoms with van der Waals surface area (Å²) in [6.45, 7) is 2.07. The highest BCUT2D eigenvalue weighted by Crippen LogP contribution is 2.16. The van der Waals surface area contributed by atoms with Gasteiger partial charge in [-0.3, -0.25) is 9.48 Å². The Balaban J connectivity index is 1.99. The standard InChI is InChI=1S/C12H16N4OS/c1-3-4-10-12(18-15-14-10)11(17)6-5-9-7-8-13-16(9)2/h7-8H,3-6H2,1-2H3. The molecule has 2 heterocycles. The molecule has 0 amide bonds.